The SMILES string of the molecule is CC[NH+]1CCC[C@@H]1CN(Cc1cc2ccc(C)cc2[nH]c1=O)C(=S)Nc1ccc(F)cc1. The summed E-state index contributed by atoms with van der Waals surface area (Å²) < 4.78 is 13.3. The molecular formula is C25H30FN4OS+. The number of anilines is 1. The van der Waals surface area contributed by atoms with E-state index in [1.54, 1.807) is 17.0 Å². The molecule has 32 heavy (non-hydrogen) atoms. The number of aromatic nitrogens is 1. The van der Waals surface area contributed by atoms with Crippen molar-refractivity contribution >= 4 is 33.9 Å². The van der Waals surface area contributed by atoms with Gasteiger partial charge in [-0.15, -0.1) is 0 Å². The van der Waals surface area contributed by atoms with E-state index < -0.39 is 0 Å². The number of thiocarbonyl (C=S) groups is 1. The van der Waals surface area contributed by atoms with Crippen LogP contribution in [0.25, 0.3) is 10.9 Å². The van der Waals surface area contributed by atoms with Crippen LogP contribution in [0.15, 0.2) is 53.3 Å². The molecule has 0 amide bonds. The molecule has 0 aliphatic carbocycles. The predicted molar refractivity (Wildman–Crippen MR) is 132 cm³/mol. The summed E-state index contributed by atoms with van der Waals surface area (Å²) in [7, 11) is 0. The number of aryl methyl sites for hydroxylation is 1. The first-order valence-corrected chi connectivity index (χ1v) is 11.6. The number of aromatic amines is 1. The van der Waals surface area contributed by atoms with E-state index in [9.17, 15) is 9.18 Å². The van der Waals surface area contributed by atoms with E-state index in [4.69, 9.17) is 12.2 Å². The highest BCUT2D eigenvalue weighted by Crippen LogP contribution is 2.16. The third-order valence-corrected chi connectivity index (χ3v) is 6.71. The van der Waals surface area contributed by atoms with E-state index in [2.05, 4.69) is 22.1 Å². The molecule has 5 nitrogen and oxygen atoms in total. The summed E-state index contributed by atoms with van der Waals surface area (Å²) >= 11 is 5.75. The molecule has 4 rings (SSSR count). The molecule has 1 aromatic heterocycles. The first kappa shape index (κ1) is 22.4. The van der Waals surface area contributed by atoms with E-state index in [0.29, 0.717) is 23.3 Å². The Bertz CT molecular complexity index is 1160. The molecule has 7 heteroatoms. The van der Waals surface area contributed by atoms with Gasteiger partial charge in [-0.2, -0.15) is 0 Å². The van der Waals surface area contributed by atoms with E-state index >= 15 is 0 Å². The highest BCUT2D eigenvalue weighted by Gasteiger charge is 2.30. The maximum absolute atomic E-state index is 13.3. The second-order valence-electron chi connectivity index (χ2n) is 8.63. The number of halogens is 1. The third-order valence-electron chi connectivity index (χ3n) is 6.35. The smallest absolute Gasteiger partial charge is 0.253 e. The molecule has 2 atom stereocenters. The lowest BCUT2D eigenvalue weighted by atomic mass is 10.1. The zero-order valence-electron chi connectivity index (χ0n) is 18.6. The van der Waals surface area contributed by atoms with Gasteiger partial charge in [0.05, 0.1) is 26.2 Å². The van der Waals surface area contributed by atoms with Gasteiger partial charge in [0, 0.05) is 29.6 Å². The van der Waals surface area contributed by atoms with Gasteiger partial charge in [-0.05, 0) is 73.4 Å². The zero-order valence-corrected chi connectivity index (χ0v) is 19.4. The van der Waals surface area contributed by atoms with Crippen molar-refractivity contribution in [2.45, 2.75) is 39.3 Å². The minimum Gasteiger partial charge on any atom is -0.339 e. The number of benzene rings is 2. The first-order chi connectivity index (χ1) is 15.4. The fraction of sp³-hybridized carbons (Fsp3) is 0.360. The molecule has 1 saturated heterocycles. The standard InChI is InChI=1S/C25H29FN4OS/c1-3-29-12-4-5-22(29)16-30(25(32)27-21-10-8-20(26)9-11-21)15-19-14-18-7-6-17(2)13-23(18)28-24(19)31/h6-11,13-14,22H,3-5,12,15-16H2,1-2H3,(H,27,32)(H,28,31)/p+1/t22-/m1/s1. The maximum Gasteiger partial charge on any atom is 0.253 e. The molecule has 3 aromatic rings. The minimum atomic E-state index is -0.288. The Morgan fingerprint density at radius 1 is 1.25 bits per heavy atom. The third kappa shape index (κ3) is 5.16. The summed E-state index contributed by atoms with van der Waals surface area (Å²) in [6.45, 7) is 7.65. The Hall–Kier alpha value is -2.77. The summed E-state index contributed by atoms with van der Waals surface area (Å²) in [5.74, 6) is -0.288. The van der Waals surface area contributed by atoms with Gasteiger partial charge in [0.25, 0.3) is 5.56 Å². The number of likely N-dealkylation sites (tertiary alicyclic amines) is 1. The molecule has 168 valence electrons. The molecule has 2 heterocycles. The normalized spacial score (nSPS) is 18.1. The van der Waals surface area contributed by atoms with Crippen LogP contribution in [0.5, 0.6) is 0 Å². The lowest BCUT2D eigenvalue weighted by Crippen LogP contribution is -3.14. The number of hydrogen-bond acceptors (Lipinski definition) is 2. The first-order valence-electron chi connectivity index (χ1n) is 11.2. The fourth-order valence-corrected chi connectivity index (χ4v) is 4.83. The largest absolute Gasteiger partial charge is 0.339 e. The van der Waals surface area contributed by atoms with Gasteiger partial charge in [0.15, 0.2) is 5.11 Å². The van der Waals surface area contributed by atoms with E-state index in [1.165, 1.54) is 25.1 Å². The second kappa shape index (κ2) is 9.79. The summed E-state index contributed by atoms with van der Waals surface area (Å²) in [5.41, 5.74) is 3.27. The number of H-pyrrole nitrogens is 1. The number of nitrogens with one attached hydrogen (secondary N) is 3. The highest BCUT2D eigenvalue weighted by molar-refractivity contribution is 7.80. The fourth-order valence-electron chi connectivity index (χ4n) is 4.57. The molecule has 0 spiro atoms. The van der Waals surface area contributed by atoms with Crippen molar-refractivity contribution < 1.29 is 9.29 Å². The van der Waals surface area contributed by atoms with E-state index in [-0.39, 0.29) is 11.4 Å². The number of nitrogens with zero attached hydrogens (tertiary/aromatic N) is 1. The van der Waals surface area contributed by atoms with Crippen LogP contribution in [0.1, 0.15) is 30.9 Å². The number of likely N-dealkylation sites (N-methyl/N-ethyl adjacent to an activating group) is 1. The van der Waals surface area contributed by atoms with Crippen LogP contribution in [-0.2, 0) is 6.54 Å². The maximum atomic E-state index is 13.3. The van der Waals surface area contributed by atoms with Crippen LogP contribution >= 0.6 is 12.2 Å². The molecule has 0 saturated carbocycles. The molecule has 1 unspecified atom stereocenters. The van der Waals surface area contributed by atoms with Crippen LogP contribution in [0.4, 0.5) is 10.1 Å². The molecule has 3 N–H and O–H groups in total. The monoisotopic (exact) mass is 453 g/mol. The van der Waals surface area contributed by atoms with Gasteiger partial charge >= 0.3 is 0 Å². The lowest BCUT2D eigenvalue weighted by molar-refractivity contribution is -0.909. The minimum absolute atomic E-state index is 0.0937. The van der Waals surface area contributed by atoms with Gasteiger partial charge in [0.2, 0.25) is 0 Å². The highest BCUT2D eigenvalue weighted by atomic mass is 32.1. The second-order valence-corrected chi connectivity index (χ2v) is 9.02. The van der Waals surface area contributed by atoms with Crippen molar-refractivity contribution in [3.8, 4) is 0 Å². The van der Waals surface area contributed by atoms with Crippen LogP contribution in [0.2, 0.25) is 0 Å². The summed E-state index contributed by atoms with van der Waals surface area (Å²) in [5, 5.41) is 4.78. The Kier molecular flexibility index (Phi) is 6.86. The molecule has 1 aliphatic rings. The van der Waals surface area contributed by atoms with Gasteiger partial charge < -0.3 is 20.1 Å². The number of quaternary nitrogens is 1. The Morgan fingerprint density at radius 2 is 2.03 bits per heavy atom. The van der Waals surface area contributed by atoms with Crippen molar-refractivity contribution in [1.29, 1.82) is 0 Å². The van der Waals surface area contributed by atoms with Crippen molar-refractivity contribution in [3.05, 3.63) is 75.8 Å². The van der Waals surface area contributed by atoms with Crippen LogP contribution in [0.3, 0.4) is 0 Å². The van der Waals surface area contributed by atoms with E-state index in [1.807, 2.05) is 31.2 Å². The number of pyridine rings is 1. The summed E-state index contributed by atoms with van der Waals surface area (Å²) in [4.78, 5) is 19.5. The molecule has 0 bridgehead atoms. The Morgan fingerprint density at radius 3 is 2.78 bits per heavy atom. The van der Waals surface area contributed by atoms with Gasteiger partial charge in [-0.25, -0.2) is 4.39 Å². The Balaban J connectivity index is 1.60. The van der Waals surface area contributed by atoms with Crippen LogP contribution in [0, 0.1) is 12.7 Å². The van der Waals surface area contributed by atoms with Crippen molar-refractivity contribution in [3.63, 3.8) is 0 Å². The lowest BCUT2D eigenvalue weighted by Gasteiger charge is -2.30. The van der Waals surface area contributed by atoms with E-state index in [0.717, 1.165) is 41.7 Å². The summed E-state index contributed by atoms with van der Waals surface area (Å²) in [6, 6.07) is 14.6. The molecule has 0 radical (unpaired) electrons. The van der Waals surface area contributed by atoms with Gasteiger partial charge in [-0.3, -0.25) is 4.79 Å². The predicted octanol–water partition coefficient (Wildman–Crippen LogP) is 3.24. The number of hydrogen-bond donors (Lipinski definition) is 3. The van der Waals surface area contributed by atoms with Crippen molar-refractivity contribution in [2.24, 2.45) is 0 Å². The van der Waals surface area contributed by atoms with Gasteiger partial charge in [-0.1, -0.05) is 12.1 Å². The van der Waals surface area contributed by atoms with Crippen molar-refractivity contribution in [2.75, 3.05) is 25.0 Å². The zero-order chi connectivity index (χ0) is 22.7. The average Bonchev–Trinajstić information content (AvgIpc) is 3.22. The quantitative estimate of drug-likeness (QED) is 0.502. The molecule has 1 fully saturated rings. The molecule has 2 aromatic carbocycles. The topological polar surface area (TPSA) is 52.6 Å². The number of fused-ring (bicyclic) bond motifs is 1. The van der Waals surface area contributed by atoms with Crippen molar-refractivity contribution in [1.82, 2.24) is 9.88 Å². The van der Waals surface area contributed by atoms with Gasteiger partial charge in [0.1, 0.15) is 11.9 Å². The number of rotatable bonds is 6. The molecule has 1 aliphatic heterocycles. The van der Waals surface area contributed by atoms with Crippen LogP contribution < -0.4 is 15.8 Å². The Labute approximate surface area is 193 Å². The van der Waals surface area contributed by atoms with Crippen LogP contribution in [-0.4, -0.2) is 40.7 Å². The summed E-state index contributed by atoms with van der Waals surface area (Å²) in [6.07, 6.45) is 2.35. The molecular weight excluding hydrogens is 423 g/mol. The average molecular weight is 454 g/mol.